The van der Waals surface area contributed by atoms with Gasteiger partial charge in [-0.2, -0.15) is 20.1 Å². The Morgan fingerprint density at radius 2 is 1.76 bits per heavy atom. The molecular formula is C11H10N6. The molecule has 0 aliphatic heterocycles. The fourth-order valence-corrected chi connectivity index (χ4v) is 1.65. The van der Waals surface area contributed by atoms with Crippen LogP contribution in [0.15, 0.2) is 42.9 Å². The molecule has 0 unspecified atom stereocenters. The van der Waals surface area contributed by atoms with Gasteiger partial charge in [-0.3, -0.25) is 5.10 Å². The van der Waals surface area contributed by atoms with Crippen molar-refractivity contribution >= 4 is 5.82 Å². The van der Waals surface area contributed by atoms with E-state index < -0.39 is 0 Å². The summed E-state index contributed by atoms with van der Waals surface area (Å²) >= 11 is 0. The van der Waals surface area contributed by atoms with Crippen LogP contribution in [0.3, 0.4) is 0 Å². The zero-order valence-corrected chi connectivity index (χ0v) is 8.91. The van der Waals surface area contributed by atoms with Crippen molar-refractivity contribution in [2.75, 3.05) is 5.73 Å². The number of nitrogen functional groups attached to an aromatic ring is 1. The number of nitrogens with one attached hydrogen (secondary N) is 1. The summed E-state index contributed by atoms with van der Waals surface area (Å²) in [7, 11) is 0. The summed E-state index contributed by atoms with van der Waals surface area (Å²) in [5, 5.41) is 14.7. The van der Waals surface area contributed by atoms with Gasteiger partial charge in [-0.15, -0.1) is 0 Å². The Balaban J connectivity index is 1.99. The van der Waals surface area contributed by atoms with Crippen molar-refractivity contribution in [1.29, 1.82) is 0 Å². The Labute approximate surface area is 97.1 Å². The molecule has 0 radical (unpaired) electrons. The molecule has 6 nitrogen and oxygen atoms in total. The van der Waals surface area contributed by atoms with Crippen LogP contribution >= 0.6 is 0 Å². The van der Waals surface area contributed by atoms with Crippen LogP contribution in [0.1, 0.15) is 0 Å². The van der Waals surface area contributed by atoms with E-state index in [-0.39, 0.29) is 0 Å². The molecule has 3 N–H and O–H groups in total. The Kier molecular flexibility index (Phi) is 2.11. The molecule has 2 aromatic heterocycles. The highest BCUT2D eigenvalue weighted by atomic mass is 15.5. The topological polar surface area (TPSA) is 85.4 Å². The summed E-state index contributed by atoms with van der Waals surface area (Å²) in [6.07, 6.45) is 4.99. The highest BCUT2D eigenvalue weighted by Gasteiger charge is 2.05. The van der Waals surface area contributed by atoms with Gasteiger partial charge in [0.25, 0.3) is 0 Å². The number of rotatable bonds is 2. The lowest BCUT2D eigenvalue weighted by atomic mass is 10.1. The maximum Gasteiger partial charge on any atom is 0.126 e. The third-order valence-electron chi connectivity index (χ3n) is 2.50. The van der Waals surface area contributed by atoms with E-state index >= 15 is 0 Å². The molecule has 84 valence electrons. The minimum atomic E-state index is 0.565. The van der Waals surface area contributed by atoms with Crippen LogP contribution in [-0.4, -0.2) is 25.2 Å². The molecule has 0 saturated carbocycles. The first-order valence-corrected chi connectivity index (χ1v) is 5.10. The average Bonchev–Trinajstić information content (AvgIpc) is 3.00. The van der Waals surface area contributed by atoms with Crippen LogP contribution in [0.2, 0.25) is 0 Å². The molecular weight excluding hydrogens is 216 g/mol. The summed E-state index contributed by atoms with van der Waals surface area (Å²) in [5.74, 6) is 0.565. The number of benzene rings is 1. The molecule has 0 spiro atoms. The minimum absolute atomic E-state index is 0.565. The number of aromatic nitrogens is 5. The van der Waals surface area contributed by atoms with Crippen LogP contribution < -0.4 is 5.73 Å². The zero-order valence-electron chi connectivity index (χ0n) is 8.91. The van der Waals surface area contributed by atoms with Crippen molar-refractivity contribution in [2.24, 2.45) is 0 Å². The quantitative estimate of drug-likeness (QED) is 0.688. The van der Waals surface area contributed by atoms with Gasteiger partial charge in [0.15, 0.2) is 0 Å². The van der Waals surface area contributed by atoms with E-state index in [1.165, 1.54) is 0 Å². The van der Waals surface area contributed by atoms with E-state index in [9.17, 15) is 0 Å². The standard InChI is InChI=1S/C11H10N6/c12-11-10(7-13-16-11)8-1-3-9(4-2-8)17-14-5-6-15-17/h1-7H,(H3,12,13,16). The monoisotopic (exact) mass is 226 g/mol. The lowest BCUT2D eigenvalue weighted by molar-refractivity contribution is 0.752. The van der Waals surface area contributed by atoms with E-state index in [0.717, 1.165) is 16.8 Å². The third kappa shape index (κ3) is 1.65. The Bertz CT molecular complexity index is 608. The minimum Gasteiger partial charge on any atom is -0.384 e. The Hall–Kier alpha value is -2.63. The number of H-pyrrole nitrogens is 1. The summed E-state index contributed by atoms with van der Waals surface area (Å²) in [5.41, 5.74) is 8.56. The SMILES string of the molecule is Nc1[nH]ncc1-c1ccc(-n2nccn2)cc1. The summed E-state index contributed by atoms with van der Waals surface area (Å²) in [6.45, 7) is 0. The summed E-state index contributed by atoms with van der Waals surface area (Å²) in [4.78, 5) is 1.56. The second kappa shape index (κ2) is 3.75. The molecule has 3 aromatic rings. The molecule has 0 amide bonds. The predicted octanol–water partition coefficient (Wildman–Crippen LogP) is 1.24. The molecule has 6 heteroatoms. The van der Waals surface area contributed by atoms with Gasteiger partial charge < -0.3 is 5.73 Å². The second-order valence-electron chi connectivity index (χ2n) is 3.56. The van der Waals surface area contributed by atoms with E-state index in [1.54, 1.807) is 23.4 Å². The third-order valence-corrected chi connectivity index (χ3v) is 2.50. The number of aromatic amines is 1. The van der Waals surface area contributed by atoms with Crippen molar-refractivity contribution in [2.45, 2.75) is 0 Å². The normalized spacial score (nSPS) is 10.6. The average molecular weight is 226 g/mol. The fourth-order valence-electron chi connectivity index (χ4n) is 1.65. The van der Waals surface area contributed by atoms with Gasteiger partial charge in [-0.25, -0.2) is 0 Å². The van der Waals surface area contributed by atoms with E-state index in [1.807, 2.05) is 24.3 Å². The number of anilines is 1. The molecule has 1 aromatic carbocycles. The second-order valence-corrected chi connectivity index (χ2v) is 3.56. The summed E-state index contributed by atoms with van der Waals surface area (Å²) < 4.78 is 0. The van der Waals surface area contributed by atoms with E-state index in [2.05, 4.69) is 20.4 Å². The molecule has 0 aliphatic carbocycles. The van der Waals surface area contributed by atoms with Crippen molar-refractivity contribution in [3.63, 3.8) is 0 Å². The highest BCUT2D eigenvalue weighted by molar-refractivity contribution is 5.73. The number of hydrogen-bond donors (Lipinski definition) is 2. The highest BCUT2D eigenvalue weighted by Crippen LogP contribution is 2.24. The van der Waals surface area contributed by atoms with Gasteiger partial charge >= 0.3 is 0 Å². The number of nitrogens with two attached hydrogens (primary N) is 1. The van der Waals surface area contributed by atoms with Gasteiger partial charge in [0.1, 0.15) is 5.82 Å². The molecule has 0 bridgehead atoms. The molecule has 0 fully saturated rings. The molecule has 17 heavy (non-hydrogen) atoms. The maximum absolute atomic E-state index is 5.76. The van der Waals surface area contributed by atoms with Crippen LogP contribution in [0, 0.1) is 0 Å². The predicted molar refractivity (Wildman–Crippen MR) is 63.4 cm³/mol. The van der Waals surface area contributed by atoms with Crippen molar-refractivity contribution < 1.29 is 0 Å². The molecule has 2 heterocycles. The lowest BCUT2D eigenvalue weighted by Gasteiger charge is -2.02. The van der Waals surface area contributed by atoms with Crippen molar-refractivity contribution in [3.8, 4) is 16.8 Å². The largest absolute Gasteiger partial charge is 0.384 e. The van der Waals surface area contributed by atoms with Gasteiger partial charge in [0.05, 0.1) is 24.3 Å². The molecule has 0 atom stereocenters. The van der Waals surface area contributed by atoms with Gasteiger partial charge in [-0.05, 0) is 17.7 Å². The number of nitrogens with zero attached hydrogens (tertiary/aromatic N) is 4. The van der Waals surface area contributed by atoms with Crippen molar-refractivity contribution in [3.05, 3.63) is 42.9 Å². The molecule has 3 rings (SSSR count). The first kappa shape index (κ1) is 9.59. The van der Waals surface area contributed by atoms with E-state index in [0.29, 0.717) is 5.82 Å². The van der Waals surface area contributed by atoms with E-state index in [4.69, 9.17) is 5.73 Å². The number of hydrogen-bond acceptors (Lipinski definition) is 4. The molecule has 0 aliphatic rings. The van der Waals surface area contributed by atoms with Crippen LogP contribution in [0.5, 0.6) is 0 Å². The van der Waals surface area contributed by atoms with Crippen molar-refractivity contribution in [1.82, 2.24) is 25.2 Å². The van der Waals surface area contributed by atoms with Gasteiger partial charge in [0, 0.05) is 5.56 Å². The van der Waals surface area contributed by atoms with Gasteiger partial charge in [-0.1, -0.05) is 12.1 Å². The molecule has 0 saturated heterocycles. The van der Waals surface area contributed by atoms with Crippen LogP contribution in [0.4, 0.5) is 5.82 Å². The summed E-state index contributed by atoms with van der Waals surface area (Å²) in [6, 6.07) is 7.78. The van der Waals surface area contributed by atoms with Crippen LogP contribution in [0.25, 0.3) is 16.8 Å². The first-order valence-electron chi connectivity index (χ1n) is 5.10. The van der Waals surface area contributed by atoms with Gasteiger partial charge in [0.2, 0.25) is 0 Å². The zero-order chi connectivity index (χ0) is 11.7. The first-order chi connectivity index (χ1) is 8.34. The lowest BCUT2D eigenvalue weighted by Crippen LogP contribution is -1.97. The maximum atomic E-state index is 5.76. The fraction of sp³-hybridized carbons (Fsp3) is 0. The smallest absolute Gasteiger partial charge is 0.126 e. The Morgan fingerprint density at radius 3 is 2.35 bits per heavy atom. The Morgan fingerprint density at radius 1 is 1.06 bits per heavy atom. The van der Waals surface area contributed by atoms with Crippen LogP contribution in [-0.2, 0) is 0 Å².